The average molecular weight is 283 g/mol. The lowest BCUT2D eigenvalue weighted by atomic mass is 10.0. The summed E-state index contributed by atoms with van der Waals surface area (Å²) in [5, 5.41) is 13.9. The van der Waals surface area contributed by atoms with Crippen molar-refractivity contribution >= 4 is 23.5 Å². The molecule has 0 spiro atoms. The van der Waals surface area contributed by atoms with E-state index in [9.17, 15) is 14.4 Å². The Balaban J connectivity index is 2.91. The molecule has 0 saturated carbocycles. The van der Waals surface area contributed by atoms with Gasteiger partial charge in [-0.05, 0) is 20.8 Å². The van der Waals surface area contributed by atoms with Crippen LogP contribution < -0.4 is 0 Å². The quantitative estimate of drug-likeness (QED) is 0.822. The highest BCUT2D eigenvalue weighted by atomic mass is 16.4. The van der Waals surface area contributed by atoms with E-state index in [1.807, 2.05) is 20.8 Å². The molecule has 0 aliphatic carbocycles. The van der Waals surface area contributed by atoms with E-state index >= 15 is 0 Å². The largest absolute Gasteiger partial charge is 0.481 e. The van der Waals surface area contributed by atoms with Gasteiger partial charge < -0.3 is 10.0 Å². The number of carbonyl (C=O) groups excluding carboxylic acids is 2. The van der Waals surface area contributed by atoms with Crippen molar-refractivity contribution in [2.24, 2.45) is 5.10 Å². The van der Waals surface area contributed by atoms with Gasteiger partial charge in [-0.3, -0.25) is 14.4 Å². The topological polar surface area (TPSA) is 90.3 Å². The van der Waals surface area contributed by atoms with Gasteiger partial charge in [0.1, 0.15) is 5.71 Å². The third-order valence-electron chi connectivity index (χ3n) is 3.06. The van der Waals surface area contributed by atoms with Crippen LogP contribution in [0.4, 0.5) is 0 Å². The first-order chi connectivity index (χ1) is 9.12. The summed E-state index contributed by atoms with van der Waals surface area (Å²) in [6.07, 6.45) is 0.421. The number of carboxylic acid groups (broad SMARTS) is 1. The Kier molecular flexibility index (Phi) is 4.86. The van der Waals surface area contributed by atoms with E-state index in [4.69, 9.17) is 5.11 Å². The van der Waals surface area contributed by atoms with Gasteiger partial charge in [0, 0.05) is 32.0 Å². The van der Waals surface area contributed by atoms with Crippen molar-refractivity contribution in [3.63, 3.8) is 0 Å². The number of hydrogen-bond acceptors (Lipinski definition) is 4. The summed E-state index contributed by atoms with van der Waals surface area (Å²) in [5.74, 6) is -1.39. The molecule has 20 heavy (non-hydrogen) atoms. The maximum Gasteiger partial charge on any atom is 0.305 e. The van der Waals surface area contributed by atoms with Gasteiger partial charge in [-0.15, -0.1) is 0 Å². The molecule has 7 heteroatoms. The van der Waals surface area contributed by atoms with Crippen LogP contribution in [-0.4, -0.2) is 57.6 Å². The van der Waals surface area contributed by atoms with Gasteiger partial charge in [0.05, 0.1) is 6.42 Å². The molecule has 0 radical (unpaired) electrons. The molecule has 1 aliphatic rings. The Hall–Kier alpha value is -1.92. The molecule has 1 heterocycles. The van der Waals surface area contributed by atoms with Crippen LogP contribution in [0.3, 0.4) is 0 Å². The molecule has 0 atom stereocenters. The smallest absolute Gasteiger partial charge is 0.305 e. The summed E-state index contributed by atoms with van der Waals surface area (Å²) >= 11 is 0. The van der Waals surface area contributed by atoms with Crippen LogP contribution in [-0.2, 0) is 14.4 Å². The molecule has 0 unspecified atom stereocenters. The third-order valence-corrected chi connectivity index (χ3v) is 3.06. The average Bonchev–Trinajstić information content (AvgIpc) is 2.30. The van der Waals surface area contributed by atoms with E-state index < -0.39 is 11.5 Å². The summed E-state index contributed by atoms with van der Waals surface area (Å²) < 4.78 is 0. The SMILES string of the molecule is CN1N=C(C(=O)N(CCC(=O)O)C(C)(C)C)CCC1=O. The summed E-state index contributed by atoms with van der Waals surface area (Å²) in [4.78, 5) is 36.0. The van der Waals surface area contributed by atoms with E-state index in [0.717, 1.165) is 5.01 Å². The Morgan fingerprint density at radius 1 is 1.35 bits per heavy atom. The Bertz CT molecular complexity index is 451. The molecule has 7 nitrogen and oxygen atoms in total. The number of carbonyl (C=O) groups is 3. The van der Waals surface area contributed by atoms with Crippen molar-refractivity contribution < 1.29 is 19.5 Å². The highest BCUT2D eigenvalue weighted by Crippen LogP contribution is 2.17. The number of rotatable bonds is 4. The van der Waals surface area contributed by atoms with Crippen LogP contribution in [0.25, 0.3) is 0 Å². The minimum atomic E-state index is -0.954. The van der Waals surface area contributed by atoms with Gasteiger partial charge in [-0.25, -0.2) is 5.01 Å². The zero-order chi connectivity index (χ0) is 15.5. The van der Waals surface area contributed by atoms with Crippen LogP contribution in [0.5, 0.6) is 0 Å². The monoisotopic (exact) mass is 283 g/mol. The summed E-state index contributed by atoms with van der Waals surface area (Å²) in [6, 6.07) is 0. The molecule has 1 rings (SSSR count). The summed E-state index contributed by atoms with van der Waals surface area (Å²) in [6.45, 7) is 5.63. The first-order valence-electron chi connectivity index (χ1n) is 6.50. The highest BCUT2D eigenvalue weighted by molar-refractivity contribution is 6.39. The lowest BCUT2D eigenvalue weighted by Crippen LogP contribution is -2.50. The van der Waals surface area contributed by atoms with Crippen LogP contribution in [0, 0.1) is 0 Å². The molecule has 0 fully saturated rings. The Labute approximate surface area is 118 Å². The van der Waals surface area contributed by atoms with Crippen molar-refractivity contribution in [1.29, 1.82) is 0 Å². The maximum atomic E-state index is 12.5. The predicted octanol–water partition coefficient (Wildman–Crippen LogP) is 0.696. The Morgan fingerprint density at radius 3 is 2.40 bits per heavy atom. The molecule has 0 bridgehead atoms. The second kappa shape index (κ2) is 6.02. The van der Waals surface area contributed by atoms with E-state index in [-0.39, 0.29) is 31.2 Å². The molecule has 0 aromatic rings. The number of aliphatic carboxylic acids is 1. The van der Waals surface area contributed by atoms with Crippen molar-refractivity contribution in [2.45, 2.75) is 45.6 Å². The van der Waals surface area contributed by atoms with Gasteiger partial charge in [0.25, 0.3) is 5.91 Å². The van der Waals surface area contributed by atoms with Gasteiger partial charge in [-0.2, -0.15) is 5.10 Å². The highest BCUT2D eigenvalue weighted by Gasteiger charge is 2.32. The number of hydrazone groups is 1. The number of hydrogen-bond donors (Lipinski definition) is 1. The predicted molar refractivity (Wildman–Crippen MR) is 73.2 cm³/mol. The van der Waals surface area contributed by atoms with Crippen molar-refractivity contribution in [1.82, 2.24) is 9.91 Å². The molecular weight excluding hydrogens is 262 g/mol. The zero-order valence-corrected chi connectivity index (χ0v) is 12.3. The van der Waals surface area contributed by atoms with E-state index in [2.05, 4.69) is 5.10 Å². The molecular formula is C13H21N3O4. The summed E-state index contributed by atoms with van der Waals surface area (Å²) in [5.41, 5.74) is -0.206. The fourth-order valence-electron chi connectivity index (χ4n) is 1.93. The molecule has 0 aromatic heterocycles. The Morgan fingerprint density at radius 2 is 1.95 bits per heavy atom. The van der Waals surface area contributed by atoms with Gasteiger partial charge in [0.2, 0.25) is 5.91 Å². The van der Waals surface area contributed by atoms with Gasteiger partial charge >= 0.3 is 5.97 Å². The van der Waals surface area contributed by atoms with E-state index in [0.29, 0.717) is 12.1 Å². The van der Waals surface area contributed by atoms with Crippen LogP contribution in [0.1, 0.15) is 40.0 Å². The number of carboxylic acids is 1. The number of nitrogens with zero attached hydrogens (tertiary/aromatic N) is 3. The second-order valence-electron chi connectivity index (χ2n) is 5.74. The maximum absolute atomic E-state index is 12.5. The molecule has 2 amide bonds. The normalized spacial score (nSPS) is 15.9. The van der Waals surface area contributed by atoms with Gasteiger partial charge in [0.15, 0.2) is 0 Å². The van der Waals surface area contributed by atoms with Crippen LogP contribution in [0.15, 0.2) is 5.10 Å². The van der Waals surface area contributed by atoms with Crippen molar-refractivity contribution in [3.05, 3.63) is 0 Å². The van der Waals surface area contributed by atoms with Crippen molar-refractivity contribution in [2.75, 3.05) is 13.6 Å². The van der Waals surface area contributed by atoms with E-state index in [1.165, 1.54) is 11.9 Å². The molecule has 1 aliphatic heterocycles. The van der Waals surface area contributed by atoms with Gasteiger partial charge in [-0.1, -0.05) is 0 Å². The minimum absolute atomic E-state index is 0.119. The first-order valence-corrected chi connectivity index (χ1v) is 6.50. The lowest BCUT2D eigenvalue weighted by Gasteiger charge is -2.36. The molecule has 112 valence electrons. The van der Waals surface area contributed by atoms with Crippen LogP contribution >= 0.6 is 0 Å². The summed E-state index contributed by atoms with van der Waals surface area (Å²) in [7, 11) is 1.51. The fourth-order valence-corrected chi connectivity index (χ4v) is 1.93. The molecule has 0 saturated heterocycles. The fraction of sp³-hybridized carbons (Fsp3) is 0.692. The molecule has 1 N–H and O–H groups in total. The third kappa shape index (κ3) is 4.04. The second-order valence-corrected chi connectivity index (χ2v) is 5.74. The first kappa shape index (κ1) is 16.1. The van der Waals surface area contributed by atoms with E-state index in [1.54, 1.807) is 0 Å². The lowest BCUT2D eigenvalue weighted by molar-refractivity contribution is -0.138. The number of amides is 2. The zero-order valence-electron chi connectivity index (χ0n) is 12.3. The van der Waals surface area contributed by atoms with Crippen molar-refractivity contribution in [3.8, 4) is 0 Å². The molecule has 0 aromatic carbocycles. The minimum Gasteiger partial charge on any atom is -0.481 e. The van der Waals surface area contributed by atoms with Crippen LogP contribution in [0.2, 0.25) is 0 Å². The standard InChI is InChI=1S/C13H21N3O4/c1-13(2,3)16(8-7-11(18)19)12(20)9-5-6-10(17)15(4)14-9/h5-8H2,1-4H3,(H,18,19).